The molecule has 0 amide bonds. The molecular formula is C8H15NO3. The van der Waals surface area contributed by atoms with Crippen LogP contribution in [0.3, 0.4) is 0 Å². The predicted octanol–water partition coefficient (Wildman–Crippen LogP) is 0.0352. The Kier molecular flexibility index (Phi) is 6.09. The van der Waals surface area contributed by atoms with Gasteiger partial charge in [-0.2, -0.15) is 0 Å². The number of rotatable bonds is 5. The van der Waals surface area contributed by atoms with Crippen molar-refractivity contribution in [3.8, 4) is 0 Å². The highest BCUT2D eigenvalue weighted by atomic mass is 16.5. The van der Waals surface area contributed by atoms with Crippen molar-refractivity contribution in [2.75, 3.05) is 19.8 Å². The summed E-state index contributed by atoms with van der Waals surface area (Å²) in [5.74, 6) is -0.361. The zero-order chi connectivity index (χ0) is 9.40. The molecule has 0 spiro atoms. The molecule has 2 N–H and O–H groups in total. The quantitative estimate of drug-likeness (QED) is 0.455. The summed E-state index contributed by atoms with van der Waals surface area (Å²) in [7, 11) is 0. The number of ether oxygens (including phenoxy) is 1. The summed E-state index contributed by atoms with van der Waals surface area (Å²) in [4.78, 5) is 10.8. The average molecular weight is 173 g/mol. The molecule has 12 heavy (non-hydrogen) atoms. The van der Waals surface area contributed by atoms with E-state index in [0.717, 1.165) is 0 Å². The van der Waals surface area contributed by atoms with Crippen LogP contribution in [0.25, 0.3) is 0 Å². The smallest absolute Gasteiger partial charge is 0.332 e. The van der Waals surface area contributed by atoms with Gasteiger partial charge in [0.05, 0.1) is 13.2 Å². The number of hydrogen-bond donors (Lipinski definition) is 2. The number of nitrogens with one attached hydrogen (secondary N) is 1. The first-order chi connectivity index (χ1) is 5.70. The number of aliphatic hydroxyl groups excluding tert-OH is 1. The van der Waals surface area contributed by atoms with Gasteiger partial charge in [-0.1, -0.05) is 0 Å². The molecule has 0 bridgehead atoms. The van der Waals surface area contributed by atoms with E-state index in [2.05, 4.69) is 10.1 Å². The van der Waals surface area contributed by atoms with Crippen molar-refractivity contribution in [2.24, 2.45) is 0 Å². The summed E-state index contributed by atoms with van der Waals surface area (Å²) < 4.78 is 4.67. The Morgan fingerprint density at radius 1 is 1.67 bits per heavy atom. The summed E-state index contributed by atoms with van der Waals surface area (Å²) >= 11 is 0. The van der Waals surface area contributed by atoms with E-state index in [1.165, 1.54) is 6.08 Å². The predicted molar refractivity (Wildman–Crippen MR) is 45.5 cm³/mol. The van der Waals surface area contributed by atoms with E-state index in [1.54, 1.807) is 13.8 Å². The summed E-state index contributed by atoms with van der Waals surface area (Å²) in [5.41, 5.74) is 0.697. The molecule has 0 atom stereocenters. The molecule has 0 saturated heterocycles. The molecule has 0 aliphatic rings. The van der Waals surface area contributed by atoms with Gasteiger partial charge >= 0.3 is 5.97 Å². The lowest BCUT2D eigenvalue weighted by Crippen LogP contribution is -2.17. The molecule has 0 heterocycles. The third-order valence-corrected chi connectivity index (χ3v) is 1.14. The molecule has 0 radical (unpaired) electrons. The maximum absolute atomic E-state index is 10.8. The molecule has 0 fully saturated rings. The van der Waals surface area contributed by atoms with Gasteiger partial charge in [-0.25, -0.2) is 4.79 Å². The summed E-state index contributed by atoms with van der Waals surface area (Å²) in [6.45, 7) is 4.37. The van der Waals surface area contributed by atoms with E-state index in [-0.39, 0.29) is 12.6 Å². The fourth-order valence-corrected chi connectivity index (χ4v) is 0.665. The monoisotopic (exact) mass is 173 g/mol. The summed E-state index contributed by atoms with van der Waals surface area (Å²) in [5, 5.41) is 11.3. The van der Waals surface area contributed by atoms with Gasteiger partial charge in [0, 0.05) is 18.3 Å². The summed E-state index contributed by atoms with van der Waals surface area (Å²) in [6.07, 6.45) is 1.36. The standard InChI is InChI=1S/C8H15NO3/c1-3-12-8(11)6-7(2)9-4-5-10/h6,9-10H,3-5H2,1-2H3/b7-6+. The Labute approximate surface area is 72.2 Å². The van der Waals surface area contributed by atoms with E-state index in [9.17, 15) is 4.79 Å². The van der Waals surface area contributed by atoms with Crippen LogP contribution in [0.2, 0.25) is 0 Å². The van der Waals surface area contributed by atoms with E-state index in [0.29, 0.717) is 18.8 Å². The molecule has 0 aromatic carbocycles. The number of allylic oxidation sites excluding steroid dienone is 1. The Balaban J connectivity index is 3.72. The fourth-order valence-electron chi connectivity index (χ4n) is 0.665. The van der Waals surface area contributed by atoms with Gasteiger partial charge in [0.15, 0.2) is 0 Å². The highest BCUT2D eigenvalue weighted by molar-refractivity contribution is 5.82. The molecule has 0 aromatic rings. The van der Waals surface area contributed by atoms with Crippen LogP contribution in [-0.2, 0) is 9.53 Å². The fraction of sp³-hybridized carbons (Fsp3) is 0.625. The number of hydrogen-bond acceptors (Lipinski definition) is 4. The SMILES string of the molecule is CCOC(=O)/C=C(\C)NCCO. The molecule has 4 nitrogen and oxygen atoms in total. The Morgan fingerprint density at radius 2 is 2.33 bits per heavy atom. The van der Waals surface area contributed by atoms with Gasteiger partial charge in [0.2, 0.25) is 0 Å². The van der Waals surface area contributed by atoms with Gasteiger partial charge in [0.1, 0.15) is 0 Å². The topological polar surface area (TPSA) is 58.6 Å². The minimum Gasteiger partial charge on any atom is -0.463 e. The van der Waals surface area contributed by atoms with Gasteiger partial charge in [0.25, 0.3) is 0 Å². The van der Waals surface area contributed by atoms with Crippen molar-refractivity contribution < 1.29 is 14.6 Å². The second-order valence-corrected chi connectivity index (χ2v) is 2.23. The van der Waals surface area contributed by atoms with Crippen LogP contribution in [-0.4, -0.2) is 30.8 Å². The second kappa shape index (κ2) is 6.67. The van der Waals surface area contributed by atoms with Crippen LogP contribution in [0.1, 0.15) is 13.8 Å². The van der Waals surface area contributed by atoms with Crippen LogP contribution in [0.4, 0.5) is 0 Å². The largest absolute Gasteiger partial charge is 0.463 e. The molecule has 4 heteroatoms. The Hall–Kier alpha value is -1.03. The maximum Gasteiger partial charge on any atom is 0.332 e. The average Bonchev–Trinajstić information content (AvgIpc) is 2.01. The zero-order valence-corrected chi connectivity index (χ0v) is 7.46. The lowest BCUT2D eigenvalue weighted by Gasteiger charge is -2.03. The van der Waals surface area contributed by atoms with Crippen molar-refractivity contribution in [1.29, 1.82) is 0 Å². The van der Waals surface area contributed by atoms with Crippen LogP contribution >= 0.6 is 0 Å². The molecule has 0 aliphatic heterocycles. The van der Waals surface area contributed by atoms with Crippen molar-refractivity contribution in [1.82, 2.24) is 5.32 Å². The molecule has 70 valence electrons. The molecule has 0 saturated carbocycles. The third kappa shape index (κ3) is 5.73. The number of aliphatic hydroxyl groups is 1. The first-order valence-electron chi connectivity index (χ1n) is 3.90. The number of carbonyl (C=O) groups is 1. The van der Waals surface area contributed by atoms with E-state index in [1.807, 2.05) is 0 Å². The van der Waals surface area contributed by atoms with Crippen molar-refractivity contribution in [3.05, 3.63) is 11.8 Å². The molecule has 0 unspecified atom stereocenters. The van der Waals surface area contributed by atoms with Gasteiger partial charge in [-0.15, -0.1) is 0 Å². The van der Waals surface area contributed by atoms with E-state index < -0.39 is 0 Å². The van der Waals surface area contributed by atoms with Crippen LogP contribution < -0.4 is 5.32 Å². The first kappa shape index (κ1) is 11.0. The number of esters is 1. The highest BCUT2D eigenvalue weighted by Gasteiger charge is 1.96. The van der Waals surface area contributed by atoms with Crippen molar-refractivity contribution in [2.45, 2.75) is 13.8 Å². The molecular weight excluding hydrogens is 158 g/mol. The lowest BCUT2D eigenvalue weighted by atomic mass is 10.4. The van der Waals surface area contributed by atoms with Gasteiger partial charge in [-0.05, 0) is 13.8 Å². The van der Waals surface area contributed by atoms with Crippen molar-refractivity contribution in [3.63, 3.8) is 0 Å². The molecule has 0 aromatic heterocycles. The van der Waals surface area contributed by atoms with E-state index >= 15 is 0 Å². The molecule has 0 rings (SSSR count). The van der Waals surface area contributed by atoms with Gasteiger partial charge < -0.3 is 15.2 Å². The van der Waals surface area contributed by atoms with Crippen molar-refractivity contribution >= 4 is 5.97 Å². The maximum atomic E-state index is 10.8. The minimum absolute atomic E-state index is 0.0496. The first-order valence-corrected chi connectivity index (χ1v) is 3.90. The molecule has 0 aliphatic carbocycles. The minimum atomic E-state index is -0.361. The third-order valence-electron chi connectivity index (χ3n) is 1.14. The lowest BCUT2D eigenvalue weighted by molar-refractivity contribution is -0.137. The summed E-state index contributed by atoms with van der Waals surface area (Å²) in [6, 6.07) is 0. The van der Waals surface area contributed by atoms with E-state index in [4.69, 9.17) is 5.11 Å². The van der Waals surface area contributed by atoms with Crippen LogP contribution in [0, 0.1) is 0 Å². The van der Waals surface area contributed by atoms with Crippen LogP contribution in [0.15, 0.2) is 11.8 Å². The Bertz CT molecular complexity index is 166. The zero-order valence-electron chi connectivity index (χ0n) is 7.46. The highest BCUT2D eigenvalue weighted by Crippen LogP contribution is 1.88. The van der Waals surface area contributed by atoms with Crippen LogP contribution in [0.5, 0.6) is 0 Å². The second-order valence-electron chi connectivity index (χ2n) is 2.23. The Morgan fingerprint density at radius 3 is 2.83 bits per heavy atom. The normalized spacial score (nSPS) is 11.1. The van der Waals surface area contributed by atoms with Gasteiger partial charge in [-0.3, -0.25) is 0 Å². The number of carbonyl (C=O) groups excluding carboxylic acids is 1.